The molecule has 6 rings (SSSR count). The van der Waals surface area contributed by atoms with Crippen LogP contribution in [0.15, 0.2) is 102 Å². The topological polar surface area (TPSA) is 0 Å². The molecular formula is C37H39Cl2SiZr. The van der Waals surface area contributed by atoms with E-state index in [-0.39, 0.29) is 7.25 Å². The second kappa shape index (κ2) is 10.6. The van der Waals surface area contributed by atoms with Gasteiger partial charge in [0.15, 0.2) is 0 Å². The van der Waals surface area contributed by atoms with Crippen molar-refractivity contribution in [2.45, 2.75) is 48.0 Å². The molecule has 0 aromatic heterocycles. The van der Waals surface area contributed by atoms with Gasteiger partial charge in [-0.3, -0.25) is 0 Å². The third-order valence-electron chi connectivity index (χ3n) is 9.76. The normalized spacial score (nSPS) is 19.0. The molecule has 0 bridgehead atoms. The maximum atomic E-state index is 8.56. The molecule has 2 aliphatic carbocycles. The summed E-state index contributed by atoms with van der Waals surface area (Å²) in [5, 5.41) is 0. The molecule has 4 aromatic rings. The van der Waals surface area contributed by atoms with Crippen LogP contribution in [-0.2, 0) is 15.6 Å². The molecule has 2 aliphatic rings. The van der Waals surface area contributed by atoms with Crippen LogP contribution in [0.2, 0.25) is 13.1 Å². The number of halogens is 2. The fourth-order valence-electron chi connectivity index (χ4n) is 7.65. The van der Waals surface area contributed by atoms with Gasteiger partial charge in [0, 0.05) is 0 Å². The number of hydrogen-bond donors (Lipinski definition) is 0. The Morgan fingerprint density at radius 3 is 1.80 bits per heavy atom. The van der Waals surface area contributed by atoms with E-state index < -0.39 is 21.5 Å². The van der Waals surface area contributed by atoms with Gasteiger partial charge in [0.2, 0.25) is 0 Å². The Labute approximate surface area is 254 Å². The molecule has 4 heteroatoms. The summed E-state index contributed by atoms with van der Waals surface area (Å²) in [6.45, 7) is 14.1. The van der Waals surface area contributed by atoms with Crippen molar-refractivity contribution in [1.82, 2.24) is 0 Å². The van der Waals surface area contributed by atoms with E-state index in [0.29, 0.717) is 5.92 Å². The number of allylic oxidation sites excluding steroid dienone is 2. The second-order valence-electron chi connectivity index (χ2n) is 12.7. The number of aryl methyl sites for hydroxylation is 1. The van der Waals surface area contributed by atoms with Crippen LogP contribution < -0.4 is 0 Å². The average Bonchev–Trinajstić information content (AvgIpc) is 3.54. The van der Waals surface area contributed by atoms with Gasteiger partial charge in [-0.15, -0.1) is 0 Å². The summed E-state index contributed by atoms with van der Waals surface area (Å²) >= 11 is -4.77. The van der Waals surface area contributed by atoms with Gasteiger partial charge in [0.05, 0.1) is 0 Å². The van der Waals surface area contributed by atoms with Crippen LogP contribution >= 0.6 is 17.0 Å². The van der Waals surface area contributed by atoms with Gasteiger partial charge in [0.1, 0.15) is 0 Å². The Morgan fingerprint density at radius 2 is 1.24 bits per heavy atom. The van der Waals surface area contributed by atoms with Crippen molar-refractivity contribution < 1.29 is 15.6 Å². The Bertz CT molecular complexity index is 1700. The first-order valence-corrected chi connectivity index (χ1v) is 31.2. The van der Waals surface area contributed by atoms with Crippen molar-refractivity contribution >= 4 is 35.1 Å². The molecule has 0 nitrogen and oxygen atoms in total. The molecule has 0 saturated heterocycles. The molecule has 4 aromatic carbocycles. The third kappa shape index (κ3) is 4.48. The van der Waals surface area contributed by atoms with Gasteiger partial charge in [-0.1, -0.05) is 0 Å². The van der Waals surface area contributed by atoms with Crippen LogP contribution in [0.1, 0.15) is 55.8 Å². The second-order valence-corrected chi connectivity index (χ2v) is 55.2. The van der Waals surface area contributed by atoms with Crippen LogP contribution in [0.5, 0.6) is 0 Å². The third-order valence-corrected chi connectivity index (χ3v) is 61.7. The molecule has 2 atom stereocenters. The van der Waals surface area contributed by atoms with Crippen molar-refractivity contribution in [2.75, 3.05) is 0 Å². The minimum absolute atomic E-state index is 0.101. The summed E-state index contributed by atoms with van der Waals surface area (Å²) in [7, 11) is 17.1. The molecule has 209 valence electrons. The van der Waals surface area contributed by atoms with Crippen molar-refractivity contribution in [3.8, 4) is 22.3 Å². The zero-order valence-corrected chi connectivity index (χ0v) is 30.0. The molecule has 0 N–H and O–H groups in total. The first kappa shape index (κ1) is 29.1. The molecule has 0 radical (unpaired) electrons. The van der Waals surface area contributed by atoms with E-state index in [9.17, 15) is 0 Å². The van der Waals surface area contributed by atoms with E-state index >= 15 is 0 Å². The van der Waals surface area contributed by atoms with E-state index in [0.717, 1.165) is 0 Å². The fourth-order valence-corrected chi connectivity index (χ4v) is 39.9. The zero-order valence-electron chi connectivity index (χ0n) is 24.9. The average molecular weight is 674 g/mol. The number of fused-ring (bicyclic) bond motifs is 2. The zero-order chi connectivity index (χ0) is 29.1. The summed E-state index contributed by atoms with van der Waals surface area (Å²) in [5.41, 5.74) is 14.5. The number of hydrogen-bond acceptors (Lipinski definition) is 0. The minimum atomic E-state index is -4.77. The number of benzene rings is 4. The molecule has 2 unspecified atom stereocenters. The molecule has 0 fully saturated rings. The SMILES string of the molecule is CC1=Cc2c(-c3ccccc3)ccc(C)c2[CH]1[Zr]([Cl])([Cl])([CH]1C(C(C)C)=Cc2c(-c3ccccc3)cccc21)[SiH](C)C. The first-order valence-electron chi connectivity index (χ1n) is 14.9. The van der Waals surface area contributed by atoms with Gasteiger partial charge in [0.25, 0.3) is 0 Å². The van der Waals surface area contributed by atoms with Gasteiger partial charge in [-0.05, 0) is 0 Å². The van der Waals surface area contributed by atoms with Crippen molar-refractivity contribution in [2.24, 2.45) is 5.92 Å². The van der Waals surface area contributed by atoms with E-state index in [1.807, 2.05) is 0 Å². The quantitative estimate of drug-likeness (QED) is 0.179. The monoisotopic (exact) mass is 671 g/mol. The Kier molecular flexibility index (Phi) is 7.56. The Morgan fingerprint density at radius 1 is 0.659 bits per heavy atom. The molecule has 0 heterocycles. The van der Waals surface area contributed by atoms with E-state index in [1.165, 1.54) is 61.2 Å². The Balaban J connectivity index is 1.62. The summed E-state index contributed by atoms with van der Waals surface area (Å²) in [6, 6.07) is 32.9. The molecule has 0 saturated carbocycles. The van der Waals surface area contributed by atoms with E-state index in [1.54, 1.807) is 0 Å². The molecule has 0 amide bonds. The van der Waals surface area contributed by atoms with Crippen LogP contribution in [-0.4, -0.2) is 5.92 Å². The van der Waals surface area contributed by atoms with E-state index in [2.05, 4.69) is 144 Å². The van der Waals surface area contributed by atoms with Gasteiger partial charge in [-0.2, -0.15) is 0 Å². The summed E-state index contributed by atoms with van der Waals surface area (Å²) < 4.78 is 0.202. The Hall–Kier alpha value is -1.96. The van der Waals surface area contributed by atoms with Crippen LogP contribution in [0.3, 0.4) is 0 Å². The van der Waals surface area contributed by atoms with Crippen LogP contribution in [0.4, 0.5) is 0 Å². The molecule has 0 spiro atoms. The van der Waals surface area contributed by atoms with Crippen LogP contribution in [0.25, 0.3) is 34.4 Å². The summed E-state index contributed by atoms with van der Waals surface area (Å²) in [6.07, 6.45) is 4.88. The van der Waals surface area contributed by atoms with Gasteiger partial charge in [-0.25, -0.2) is 0 Å². The predicted molar refractivity (Wildman–Crippen MR) is 181 cm³/mol. The van der Waals surface area contributed by atoms with Crippen molar-refractivity contribution in [3.05, 3.63) is 130 Å². The fraction of sp³-hybridized carbons (Fsp3) is 0.243. The summed E-state index contributed by atoms with van der Waals surface area (Å²) in [5.74, 6) is -1.24. The van der Waals surface area contributed by atoms with Crippen molar-refractivity contribution in [3.63, 3.8) is 0 Å². The maximum absolute atomic E-state index is 8.56. The van der Waals surface area contributed by atoms with E-state index in [4.69, 9.17) is 17.0 Å². The standard InChI is InChI=1S/C18H17.C17H15.C2H7Si.2ClH.Zr/c1-13(2)16-11-15-9-6-10-17(18(15)12-16)14-7-4-3-5-8-14;1-12-10-16-13(2)8-9-15(17(16)11-12)14-6-4-3-5-7-14;1-3-2;;;/h3-13H,1-2H3;3-11H,1-2H3;3H,1-2H3;2*1H;/q;;;;;+2/p-2. The molecular weight excluding hydrogens is 635 g/mol. The molecule has 41 heavy (non-hydrogen) atoms. The first-order chi connectivity index (χ1) is 19.5. The van der Waals surface area contributed by atoms with Gasteiger partial charge >= 0.3 is 257 Å². The van der Waals surface area contributed by atoms with Crippen LogP contribution in [0, 0.1) is 12.8 Å². The van der Waals surface area contributed by atoms with Crippen molar-refractivity contribution in [1.29, 1.82) is 0 Å². The summed E-state index contributed by atoms with van der Waals surface area (Å²) in [4.78, 5) is 0. The predicted octanol–water partition coefficient (Wildman–Crippen LogP) is 11.6. The molecule has 0 aliphatic heterocycles. The number of rotatable bonds is 6. The van der Waals surface area contributed by atoms with Gasteiger partial charge < -0.3 is 0 Å².